The van der Waals surface area contributed by atoms with E-state index in [1.165, 1.54) is 12.2 Å². The molecule has 8 heteroatoms. The predicted octanol–water partition coefficient (Wildman–Crippen LogP) is 7.50. The zero-order chi connectivity index (χ0) is 30.1. The molecule has 0 saturated carbocycles. The van der Waals surface area contributed by atoms with Crippen LogP contribution in [0, 0.1) is 10.8 Å². The minimum absolute atomic E-state index is 0.0831. The second kappa shape index (κ2) is 11.0. The van der Waals surface area contributed by atoms with Crippen molar-refractivity contribution in [1.82, 2.24) is 0 Å². The largest absolute Gasteiger partial charge is 0.379 e. The van der Waals surface area contributed by atoms with E-state index in [0.29, 0.717) is 0 Å². The highest BCUT2D eigenvalue weighted by Gasteiger charge is 2.26. The van der Waals surface area contributed by atoms with Crippen LogP contribution in [0.3, 0.4) is 0 Å². The van der Waals surface area contributed by atoms with E-state index < -0.39 is 25.7 Å². The Morgan fingerprint density at radius 2 is 0.902 bits per heavy atom. The number of hydrogen-bond donors (Lipinski definition) is 0. The van der Waals surface area contributed by atoms with Crippen LogP contribution in [0.5, 0.6) is 11.5 Å². The number of allylic oxidation sites excluding steroid dienone is 10. The topological polar surface area (TPSA) is 86.7 Å². The van der Waals surface area contributed by atoms with E-state index in [0.717, 1.165) is 11.1 Å². The first kappa shape index (κ1) is 30.3. The highest BCUT2D eigenvalue weighted by molar-refractivity contribution is 7.91. The van der Waals surface area contributed by atoms with Crippen molar-refractivity contribution in [3.63, 3.8) is 0 Å². The van der Waals surface area contributed by atoms with Crippen LogP contribution in [0.4, 0.5) is 0 Å². The molecule has 0 heterocycles. The van der Waals surface area contributed by atoms with Gasteiger partial charge < -0.3 is 8.37 Å². The molecular weight excluding hydrogens is 556 g/mol. The lowest BCUT2D eigenvalue weighted by Crippen LogP contribution is -2.19. The average molecular weight is 593 g/mol. The lowest BCUT2D eigenvalue weighted by atomic mass is 9.78. The fourth-order valence-corrected chi connectivity index (χ4v) is 6.18. The van der Waals surface area contributed by atoms with E-state index in [2.05, 4.69) is 0 Å². The second-order valence-corrected chi connectivity index (χ2v) is 15.0. The van der Waals surface area contributed by atoms with Crippen molar-refractivity contribution in [3.05, 3.63) is 130 Å². The molecule has 0 amide bonds. The smallest absolute Gasteiger partial charge is 0.339 e. The van der Waals surface area contributed by atoms with Gasteiger partial charge in [-0.2, -0.15) is 16.8 Å². The summed E-state index contributed by atoms with van der Waals surface area (Å²) in [5.41, 5.74) is 0.868. The third-order valence-electron chi connectivity index (χ3n) is 7.07. The molecule has 0 aliphatic heterocycles. The van der Waals surface area contributed by atoms with Gasteiger partial charge in [0.05, 0.1) is 0 Å². The molecule has 2 aromatic rings. The van der Waals surface area contributed by atoms with E-state index >= 15 is 0 Å². The highest BCUT2D eigenvalue weighted by Crippen LogP contribution is 2.35. The summed E-state index contributed by atoms with van der Waals surface area (Å²) in [7, 11) is -8.00. The van der Waals surface area contributed by atoms with E-state index in [4.69, 9.17) is 8.37 Å². The first-order chi connectivity index (χ1) is 19.0. The number of benzene rings is 2. The standard InChI is InChI=1S/C33H36O6S2/c1-31(2)21-7-9-29(19-23-31)40(34,35)38-27-15-11-25(12-16-27)33(5,6)26-13-17-28(18-14-26)39-41(36,37)30-10-8-22-32(3,4)24-20-30/h7-24H,1-6H3. The minimum atomic E-state index is -4.00. The highest BCUT2D eigenvalue weighted by atomic mass is 32.2. The maximum atomic E-state index is 12.9. The van der Waals surface area contributed by atoms with Gasteiger partial charge in [-0.15, -0.1) is 0 Å². The Labute approximate surface area is 244 Å². The lowest BCUT2D eigenvalue weighted by Gasteiger charge is -2.26. The zero-order valence-corrected chi connectivity index (χ0v) is 25.8. The third kappa shape index (κ3) is 7.37. The Balaban J connectivity index is 1.47. The summed E-state index contributed by atoms with van der Waals surface area (Å²) in [6.45, 7) is 12.0. The molecular formula is C33H36O6S2. The van der Waals surface area contributed by atoms with Crippen molar-refractivity contribution < 1.29 is 25.2 Å². The van der Waals surface area contributed by atoms with Crippen LogP contribution in [-0.4, -0.2) is 16.8 Å². The summed E-state index contributed by atoms with van der Waals surface area (Å²) in [5.74, 6) is 0.417. The molecule has 0 atom stereocenters. The van der Waals surface area contributed by atoms with Crippen LogP contribution in [0.25, 0.3) is 0 Å². The molecule has 216 valence electrons. The van der Waals surface area contributed by atoms with Crippen molar-refractivity contribution >= 4 is 20.2 Å². The maximum Gasteiger partial charge on any atom is 0.339 e. The van der Waals surface area contributed by atoms with Crippen LogP contribution >= 0.6 is 0 Å². The van der Waals surface area contributed by atoms with Gasteiger partial charge in [-0.3, -0.25) is 0 Å². The van der Waals surface area contributed by atoms with E-state index in [9.17, 15) is 16.8 Å². The molecule has 4 rings (SSSR count). The first-order valence-corrected chi connectivity index (χ1v) is 16.1. The zero-order valence-electron chi connectivity index (χ0n) is 24.2. The van der Waals surface area contributed by atoms with Crippen LogP contribution in [0.1, 0.15) is 52.7 Å². The van der Waals surface area contributed by atoms with Gasteiger partial charge in [0.2, 0.25) is 0 Å². The molecule has 0 spiro atoms. The first-order valence-electron chi connectivity index (χ1n) is 13.3. The molecule has 0 radical (unpaired) electrons. The van der Waals surface area contributed by atoms with Gasteiger partial charge in [0.15, 0.2) is 0 Å². The lowest BCUT2D eigenvalue weighted by molar-refractivity contribution is 0.492. The Kier molecular flexibility index (Phi) is 8.13. The Bertz CT molecular complexity index is 1570. The van der Waals surface area contributed by atoms with E-state index in [-0.39, 0.29) is 32.1 Å². The molecule has 0 fully saturated rings. The summed E-state index contributed by atoms with van der Waals surface area (Å²) in [6.07, 6.45) is 17.1. The molecule has 0 unspecified atom stereocenters. The monoisotopic (exact) mass is 592 g/mol. The molecule has 41 heavy (non-hydrogen) atoms. The van der Waals surface area contributed by atoms with Gasteiger partial charge in [0.1, 0.15) is 21.3 Å². The van der Waals surface area contributed by atoms with Crippen molar-refractivity contribution in [2.45, 2.75) is 47.0 Å². The van der Waals surface area contributed by atoms with Crippen LogP contribution in [0.15, 0.2) is 119 Å². The molecule has 0 aromatic heterocycles. The summed E-state index contributed by atoms with van der Waals surface area (Å²) >= 11 is 0. The third-order valence-corrected chi connectivity index (χ3v) is 9.59. The molecule has 2 aliphatic carbocycles. The number of hydrogen-bond acceptors (Lipinski definition) is 6. The molecule has 2 aliphatic rings. The van der Waals surface area contributed by atoms with Gasteiger partial charge in [-0.25, -0.2) is 0 Å². The van der Waals surface area contributed by atoms with Crippen molar-refractivity contribution in [1.29, 1.82) is 0 Å². The van der Waals surface area contributed by atoms with Crippen molar-refractivity contribution in [2.75, 3.05) is 0 Å². The molecule has 0 N–H and O–H groups in total. The van der Waals surface area contributed by atoms with Gasteiger partial charge in [-0.05, 0) is 59.7 Å². The molecule has 6 nitrogen and oxygen atoms in total. The molecule has 2 aromatic carbocycles. The average Bonchev–Trinajstić information content (AvgIpc) is 3.18. The van der Waals surface area contributed by atoms with Gasteiger partial charge in [0, 0.05) is 16.2 Å². The van der Waals surface area contributed by atoms with Crippen LogP contribution < -0.4 is 8.37 Å². The fourth-order valence-electron chi connectivity index (χ4n) is 4.30. The van der Waals surface area contributed by atoms with Gasteiger partial charge in [0.25, 0.3) is 0 Å². The van der Waals surface area contributed by atoms with Crippen LogP contribution in [-0.2, 0) is 25.7 Å². The van der Waals surface area contributed by atoms with Gasteiger partial charge >= 0.3 is 20.2 Å². The summed E-state index contributed by atoms with van der Waals surface area (Å²) in [5, 5.41) is 0. The maximum absolute atomic E-state index is 12.9. The quantitative estimate of drug-likeness (QED) is 0.295. The summed E-state index contributed by atoms with van der Waals surface area (Å²) < 4.78 is 62.2. The van der Waals surface area contributed by atoms with Crippen LogP contribution in [0.2, 0.25) is 0 Å². The van der Waals surface area contributed by atoms with Gasteiger partial charge in [-0.1, -0.05) is 102 Å². The molecule has 0 bridgehead atoms. The van der Waals surface area contributed by atoms with E-state index in [1.54, 1.807) is 48.6 Å². The predicted molar refractivity (Wildman–Crippen MR) is 164 cm³/mol. The SMILES string of the molecule is CC1(C)C=CC=C(S(=O)(=O)Oc2ccc(C(C)(C)c3ccc(OS(=O)(=O)C4=CC=CC(C)(C)C=C4)cc3)cc2)C=C1. The summed E-state index contributed by atoms with van der Waals surface area (Å²) in [6, 6.07) is 13.8. The van der Waals surface area contributed by atoms with Crippen molar-refractivity contribution in [3.8, 4) is 11.5 Å². The normalized spacial score (nSPS) is 18.2. The Morgan fingerprint density at radius 1 is 0.561 bits per heavy atom. The minimum Gasteiger partial charge on any atom is -0.379 e. The van der Waals surface area contributed by atoms with Crippen molar-refractivity contribution in [2.24, 2.45) is 10.8 Å². The fraction of sp³-hybridized carbons (Fsp3) is 0.273. The Morgan fingerprint density at radius 3 is 1.24 bits per heavy atom. The van der Waals surface area contributed by atoms with E-state index in [1.807, 2.05) is 90.1 Å². The summed E-state index contributed by atoms with van der Waals surface area (Å²) in [4.78, 5) is 0.166. The molecule has 0 saturated heterocycles. The Hall–Kier alpha value is -3.62. The second-order valence-electron chi connectivity index (χ2n) is 11.9. The number of rotatable bonds is 8.